The van der Waals surface area contributed by atoms with E-state index in [4.69, 9.17) is 21.1 Å². The number of benzene rings is 3. The Morgan fingerprint density at radius 3 is 2.43 bits per heavy atom. The molecular weight excluding hydrogens is 484 g/mol. The van der Waals surface area contributed by atoms with Crippen LogP contribution in [0.15, 0.2) is 71.1 Å². The molecule has 0 radical (unpaired) electrons. The van der Waals surface area contributed by atoms with Gasteiger partial charge in [-0.2, -0.15) is 5.10 Å². The number of thiazole rings is 1. The number of methoxy groups -OCH3 is 2. The lowest BCUT2D eigenvalue weighted by molar-refractivity contribution is 0.0955. The predicted octanol–water partition coefficient (Wildman–Crippen LogP) is 6.30. The molecule has 35 heavy (non-hydrogen) atoms. The second kappa shape index (κ2) is 11.0. The van der Waals surface area contributed by atoms with Crippen LogP contribution in [0.1, 0.15) is 21.5 Å². The Morgan fingerprint density at radius 1 is 1.03 bits per heavy atom. The lowest BCUT2D eigenvalue weighted by Crippen LogP contribution is -2.17. The third-order valence-electron chi connectivity index (χ3n) is 5.12. The van der Waals surface area contributed by atoms with Gasteiger partial charge in [0.05, 0.1) is 31.2 Å². The highest BCUT2D eigenvalue weighted by atomic mass is 35.5. The summed E-state index contributed by atoms with van der Waals surface area (Å²) in [6.07, 6.45) is 1.47. The van der Waals surface area contributed by atoms with Crippen molar-refractivity contribution in [3.63, 3.8) is 0 Å². The number of aryl methyl sites for hydroxylation is 1. The van der Waals surface area contributed by atoms with Gasteiger partial charge in [0.25, 0.3) is 5.91 Å². The molecule has 0 unspecified atom stereocenters. The second-order valence-electron chi connectivity index (χ2n) is 7.53. The van der Waals surface area contributed by atoms with Crippen molar-refractivity contribution in [2.45, 2.75) is 6.92 Å². The molecule has 0 fully saturated rings. The summed E-state index contributed by atoms with van der Waals surface area (Å²) in [4.78, 5) is 17.2. The number of halogens is 1. The van der Waals surface area contributed by atoms with E-state index >= 15 is 0 Å². The molecule has 2 N–H and O–H groups in total. The van der Waals surface area contributed by atoms with Gasteiger partial charge in [0.15, 0.2) is 5.13 Å². The first-order valence-electron chi connectivity index (χ1n) is 10.6. The van der Waals surface area contributed by atoms with Crippen molar-refractivity contribution in [3.05, 3.63) is 87.8 Å². The fourth-order valence-corrected chi connectivity index (χ4v) is 4.21. The van der Waals surface area contributed by atoms with Crippen LogP contribution in [0.3, 0.4) is 0 Å². The maximum absolute atomic E-state index is 12.5. The summed E-state index contributed by atoms with van der Waals surface area (Å²) in [7, 11) is 3.06. The summed E-state index contributed by atoms with van der Waals surface area (Å²) in [5.41, 5.74) is 7.53. The van der Waals surface area contributed by atoms with Crippen molar-refractivity contribution in [1.82, 2.24) is 10.4 Å². The van der Waals surface area contributed by atoms with Crippen LogP contribution in [0.4, 0.5) is 10.8 Å². The van der Waals surface area contributed by atoms with Crippen molar-refractivity contribution in [2.24, 2.45) is 5.10 Å². The van der Waals surface area contributed by atoms with Crippen LogP contribution < -0.4 is 20.2 Å². The molecule has 0 aliphatic carbocycles. The van der Waals surface area contributed by atoms with E-state index in [9.17, 15) is 4.79 Å². The molecule has 178 valence electrons. The van der Waals surface area contributed by atoms with Gasteiger partial charge in [0, 0.05) is 33.8 Å². The van der Waals surface area contributed by atoms with Gasteiger partial charge in [-0.3, -0.25) is 4.79 Å². The number of ether oxygens (including phenoxy) is 2. The monoisotopic (exact) mass is 506 g/mol. The number of hydrogen-bond donors (Lipinski definition) is 2. The molecular formula is C26H23ClN4O3S. The number of rotatable bonds is 8. The molecule has 0 saturated carbocycles. The first-order valence-corrected chi connectivity index (χ1v) is 11.9. The molecule has 3 aromatic carbocycles. The van der Waals surface area contributed by atoms with Gasteiger partial charge in [-0.05, 0) is 37.3 Å². The summed E-state index contributed by atoms with van der Waals surface area (Å²) in [5.74, 6) is 0.669. The Labute approximate surface area is 212 Å². The zero-order chi connectivity index (χ0) is 24.8. The van der Waals surface area contributed by atoms with Crippen LogP contribution in [0.2, 0.25) is 5.02 Å². The Morgan fingerprint density at radius 2 is 1.74 bits per heavy atom. The first kappa shape index (κ1) is 24.3. The van der Waals surface area contributed by atoms with E-state index in [0.717, 1.165) is 22.1 Å². The summed E-state index contributed by atoms with van der Waals surface area (Å²) >= 11 is 7.69. The normalized spacial score (nSPS) is 10.9. The maximum Gasteiger partial charge on any atom is 0.271 e. The Balaban J connectivity index is 1.39. The van der Waals surface area contributed by atoms with Crippen LogP contribution in [0.25, 0.3) is 11.3 Å². The van der Waals surface area contributed by atoms with Crippen molar-refractivity contribution in [3.8, 4) is 22.8 Å². The van der Waals surface area contributed by atoms with Crippen molar-refractivity contribution in [1.29, 1.82) is 0 Å². The van der Waals surface area contributed by atoms with Gasteiger partial charge in [-0.1, -0.05) is 41.4 Å². The van der Waals surface area contributed by atoms with E-state index in [2.05, 4.69) is 27.8 Å². The largest absolute Gasteiger partial charge is 0.496 e. The van der Waals surface area contributed by atoms with Crippen LogP contribution in [-0.2, 0) is 0 Å². The number of carbonyl (C=O) groups is 1. The van der Waals surface area contributed by atoms with E-state index in [-0.39, 0.29) is 5.91 Å². The Kier molecular flexibility index (Phi) is 7.64. The summed E-state index contributed by atoms with van der Waals surface area (Å²) < 4.78 is 10.5. The number of hydrogen-bond acceptors (Lipinski definition) is 7. The number of anilines is 2. The fraction of sp³-hybridized carbons (Fsp3) is 0.115. The Hall–Kier alpha value is -3.88. The molecule has 0 spiro atoms. The van der Waals surface area contributed by atoms with Crippen LogP contribution in [0.5, 0.6) is 11.5 Å². The average molecular weight is 507 g/mol. The van der Waals surface area contributed by atoms with E-state index in [1.165, 1.54) is 37.3 Å². The quantitative estimate of drug-likeness (QED) is 0.216. The molecule has 7 nitrogen and oxygen atoms in total. The molecule has 4 rings (SSSR count). The van der Waals surface area contributed by atoms with Gasteiger partial charge < -0.3 is 14.8 Å². The molecule has 1 heterocycles. The van der Waals surface area contributed by atoms with Crippen molar-refractivity contribution < 1.29 is 14.3 Å². The van der Waals surface area contributed by atoms with Gasteiger partial charge in [0.1, 0.15) is 11.5 Å². The summed E-state index contributed by atoms with van der Waals surface area (Å²) in [6, 6.07) is 18.6. The molecule has 4 aromatic rings. The number of amides is 1. The van der Waals surface area contributed by atoms with Gasteiger partial charge >= 0.3 is 0 Å². The van der Waals surface area contributed by atoms with Crippen LogP contribution >= 0.6 is 22.9 Å². The van der Waals surface area contributed by atoms with E-state index < -0.39 is 0 Å². The molecule has 0 bridgehead atoms. The lowest BCUT2D eigenvalue weighted by atomic mass is 10.1. The zero-order valence-corrected chi connectivity index (χ0v) is 20.9. The lowest BCUT2D eigenvalue weighted by Gasteiger charge is -2.09. The van der Waals surface area contributed by atoms with E-state index in [1.807, 2.05) is 41.8 Å². The van der Waals surface area contributed by atoms with E-state index in [1.54, 1.807) is 24.3 Å². The van der Waals surface area contributed by atoms with Crippen LogP contribution in [-0.4, -0.2) is 31.3 Å². The third kappa shape index (κ3) is 5.98. The highest BCUT2D eigenvalue weighted by Crippen LogP contribution is 2.31. The topological polar surface area (TPSA) is 84.8 Å². The number of hydrazone groups is 1. The standard InChI is InChI=1S/C26H23ClN4O3S/c1-16-4-10-20(11-5-16)29-26-30-22(15-35-26)17-6-8-18(9-7-17)25(32)31-28-14-19-12-21(27)24(34-3)13-23(19)33-2/h4-15H,1-3H3,(H,29,30)(H,31,32)/b28-14-. The molecule has 0 aliphatic rings. The predicted molar refractivity (Wildman–Crippen MR) is 142 cm³/mol. The minimum Gasteiger partial charge on any atom is -0.496 e. The van der Waals surface area contributed by atoms with Gasteiger partial charge in [-0.25, -0.2) is 10.4 Å². The molecule has 9 heteroatoms. The van der Waals surface area contributed by atoms with E-state index in [0.29, 0.717) is 27.6 Å². The number of aromatic nitrogens is 1. The number of nitrogens with one attached hydrogen (secondary N) is 2. The molecule has 0 atom stereocenters. The van der Waals surface area contributed by atoms with Gasteiger partial charge in [0.2, 0.25) is 0 Å². The summed E-state index contributed by atoms with van der Waals surface area (Å²) in [5, 5.41) is 10.5. The molecule has 0 saturated heterocycles. The second-order valence-corrected chi connectivity index (χ2v) is 8.80. The third-order valence-corrected chi connectivity index (χ3v) is 6.18. The smallest absolute Gasteiger partial charge is 0.271 e. The minimum absolute atomic E-state index is 0.341. The van der Waals surface area contributed by atoms with Crippen molar-refractivity contribution >= 4 is 45.9 Å². The van der Waals surface area contributed by atoms with Gasteiger partial charge in [-0.15, -0.1) is 11.3 Å². The zero-order valence-electron chi connectivity index (χ0n) is 19.3. The SMILES string of the molecule is COc1cc(OC)c(/C=N\NC(=O)c2ccc(-c3csc(Nc4ccc(C)cc4)n3)cc2)cc1Cl. The van der Waals surface area contributed by atoms with Crippen molar-refractivity contribution in [2.75, 3.05) is 19.5 Å². The summed E-state index contributed by atoms with van der Waals surface area (Å²) in [6.45, 7) is 2.05. The first-order chi connectivity index (χ1) is 17.0. The Bertz CT molecular complexity index is 1350. The minimum atomic E-state index is -0.341. The molecule has 1 amide bonds. The van der Waals surface area contributed by atoms with Crippen LogP contribution in [0, 0.1) is 6.92 Å². The molecule has 0 aliphatic heterocycles. The molecule has 1 aromatic heterocycles. The maximum atomic E-state index is 12.5. The highest BCUT2D eigenvalue weighted by Gasteiger charge is 2.10. The number of nitrogens with zero attached hydrogens (tertiary/aromatic N) is 2. The fourth-order valence-electron chi connectivity index (χ4n) is 3.23. The highest BCUT2D eigenvalue weighted by molar-refractivity contribution is 7.14. The number of carbonyl (C=O) groups excluding carboxylic acids is 1. The average Bonchev–Trinajstić information content (AvgIpc) is 3.34.